The van der Waals surface area contributed by atoms with Crippen LogP contribution in [0.2, 0.25) is 0 Å². The van der Waals surface area contributed by atoms with Gasteiger partial charge in [-0.25, -0.2) is 0 Å². The summed E-state index contributed by atoms with van der Waals surface area (Å²) in [4.78, 5) is 25.2. The number of thiazole rings is 1. The lowest BCUT2D eigenvalue weighted by molar-refractivity contribution is 0.0954. The van der Waals surface area contributed by atoms with Crippen molar-refractivity contribution in [3.05, 3.63) is 72.6 Å². The number of nitrogens with one attached hydrogen (secondary N) is 1. The van der Waals surface area contributed by atoms with Crippen molar-refractivity contribution < 1.29 is 9.32 Å². The van der Waals surface area contributed by atoms with Crippen LogP contribution in [0, 0.1) is 27.7 Å². The number of carbonyl (C=O) groups excluding carboxylic acids is 1. The van der Waals surface area contributed by atoms with E-state index >= 15 is 0 Å². The molecule has 0 saturated heterocycles. The maximum Gasteiger partial charge on any atom is 0.308 e. The molecule has 2 heterocycles. The van der Waals surface area contributed by atoms with Gasteiger partial charge in [-0.15, -0.1) is 0 Å². The van der Waals surface area contributed by atoms with Gasteiger partial charge in [-0.3, -0.25) is 14.2 Å². The monoisotopic (exact) mass is 371 g/mol. The summed E-state index contributed by atoms with van der Waals surface area (Å²) >= 11 is 0.965. The molecule has 0 atom stereocenters. The first-order valence-corrected chi connectivity index (χ1v) is 9.14. The van der Waals surface area contributed by atoms with Crippen molar-refractivity contribution in [1.29, 1.82) is 0 Å². The summed E-state index contributed by atoms with van der Waals surface area (Å²) in [5.74, 6) is 0.453. The predicted molar refractivity (Wildman–Crippen MR) is 101 cm³/mol. The molecule has 1 aromatic carbocycles. The van der Waals surface area contributed by atoms with E-state index in [1.54, 1.807) is 11.5 Å². The van der Waals surface area contributed by atoms with E-state index in [9.17, 15) is 9.59 Å². The molecule has 7 heteroatoms. The van der Waals surface area contributed by atoms with Crippen LogP contribution in [0.4, 0.5) is 0 Å². The van der Waals surface area contributed by atoms with Gasteiger partial charge in [0, 0.05) is 17.8 Å². The number of benzene rings is 1. The molecule has 0 saturated carbocycles. The molecule has 0 unspecified atom stereocenters. The summed E-state index contributed by atoms with van der Waals surface area (Å²) in [5, 5.41) is 6.81. The van der Waals surface area contributed by atoms with E-state index in [2.05, 4.69) is 10.5 Å². The van der Waals surface area contributed by atoms with Crippen LogP contribution in [0.15, 0.2) is 33.6 Å². The van der Waals surface area contributed by atoms with E-state index in [1.807, 2.05) is 45.0 Å². The Morgan fingerprint density at radius 1 is 1.27 bits per heavy atom. The lowest BCUT2D eigenvalue weighted by Crippen LogP contribution is -2.23. The third-order valence-electron chi connectivity index (χ3n) is 4.38. The van der Waals surface area contributed by atoms with Gasteiger partial charge in [-0.2, -0.15) is 0 Å². The number of rotatable bonds is 5. The molecule has 3 rings (SSSR count). The quantitative estimate of drug-likeness (QED) is 0.748. The number of amides is 1. The van der Waals surface area contributed by atoms with Crippen LogP contribution in [-0.4, -0.2) is 15.6 Å². The summed E-state index contributed by atoms with van der Waals surface area (Å²) in [6.07, 6.45) is 0. The number of carbonyl (C=O) groups is 1. The number of aromatic nitrogens is 2. The molecule has 2 aromatic heterocycles. The minimum atomic E-state index is -0.233. The Morgan fingerprint density at radius 3 is 2.69 bits per heavy atom. The highest BCUT2D eigenvalue weighted by Gasteiger charge is 2.19. The second kappa shape index (κ2) is 7.29. The van der Waals surface area contributed by atoms with Crippen molar-refractivity contribution in [2.45, 2.75) is 40.8 Å². The van der Waals surface area contributed by atoms with Crippen molar-refractivity contribution in [2.24, 2.45) is 0 Å². The highest BCUT2D eigenvalue weighted by atomic mass is 32.1. The average molecular weight is 371 g/mol. The fourth-order valence-corrected chi connectivity index (χ4v) is 3.75. The van der Waals surface area contributed by atoms with E-state index in [4.69, 9.17) is 4.52 Å². The number of aryl methyl sites for hydroxylation is 3. The zero-order chi connectivity index (χ0) is 18.8. The minimum Gasteiger partial charge on any atom is -0.361 e. The van der Waals surface area contributed by atoms with Gasteiger partial charge in [-0.05, 0) is 33.3 Å². The molecule has 1 amide bonds. The van der Waals surface area contributed by atoms with E-state index in [0.717, 1.165) is 33.7 Å². The summed E-state index contributed by atoms with van der Waals surface area (Å²) in [7, 11) is 0. The number of hydrogen-bond donors (Lipinski definition) is 1. The van der Waals surface area contributed by atoms with Gasteiger partial charge in [0.1, 0.15) is 10.6 Å². The van der Waals surface area contributed by atoms with Crippen LogP contribution in [0.25, 0.3) is 0 Å². The lowest BCUT2D eigenvalue weighted by Gasteiger charge is -2.07. The minimum absolute atomic E-state index is 0.164. The van der Waals surface area contributed by atoms with Crippen LogP contribution in [0.3, 0.4) is 0 Å². The maximum absolute atomic E-state index is 12.5. The van der Waals surface area contributed by atoms with Gasteiger partial charge >= 0.3 is 4.87 Å². The van der Waals surface area contributed by atoms with Crippen molar-refractivity contribution >= 4 is 17.2 Å². The SMILES string of the molecule is Cc1cccc(CNC(=O)c2sc(=O)n(Cc3c(C)noc3C)c2C)c1. The molecule has 0 aliphatic carbocycles. The second-order valence-corrected chi connectivity index (χ2v) is 7.30. The molecular weight excluding hydrogens is 350 g/mol. The highest BCUT2D eigenvalue weighted by molar-refractivity contribution is 7.11. The fraction of sp³-hybridized carbons (Fsp3) is 0.316. The van der Waals surface area contributed by atoms with Crippen LogP contribution in [-0.2, 0) is 13.1 Å². The zero-order valence-electron chi connectivity index (χ0n) is 15.3. The summed E-state index contributed by atoms with van der Waals surface area (Å²) < 4.78 is 6.75. The van der Waals surface area contributed by atoms with E-state index in [-0.39, 0.29) is 10.8 Å². The van der Waals surface area contributed by atoms with Crippen molar-refractivity contribution in [1.82, 2.24) is 15.0 Å². The molecule has 3 aromatic rings. The normalized spacial score (nSPS) is 10.9. The molecule has 0 spiro atoms. The molecule has 1 N–H and O–H groups in total. The topological polar surface area (TPSA) is 77.1 Å². The van der Waals surface area contributed by atoms with Gasteiger partial charge in [-0.1, -0.05) is 46.3 Å². The van der Waals surface area contributed by atoms with Crippen LogP contribution in [0.5, 0.6) is 0 Å². The van der Waals surface area contributed by atoms with E-state index in [0.29, 0.717) is 29.4 Å². The summed E-state index contributed by atoms with van der Waals surface area (Å²) in [6, 6.07) is 7.96. The Balaban J connectivity index is 1.79. The van der Waals surface area contributed by atoms with E-state index in [1.165, 1.54) is 0 Å². The standard InChI is InChI=1S/C19H21N3O3S/c1-11-6-5-7-15(8-11)9-20-18(23)17-13(3)22(19(24)26-17)10-16-12(2)21-25-14(16)4/h5-8H,9-10H2,1-4H3,(H,20,23). The van der Waals surface area contributed by atoms with E-state index < -0.39 is 0 Å². The molecule has 0 fully saturated rings. The van der Waals surface area contributed by atoms with Crippen LogP contribution in [0.1, 0.15) is 43.5 Å². The van der Waals surface area contributed by atoms with Gasteiger partial charge in [0.05, 0.1) is 12.2 Å². The fourth-order valence-electron chi connectivity index (χ4n) is 2.84. The van der Waals surface area contributed by atoms with Gasteiger partial charge in [0.15, 0.2) is 0 Å². The molecular formula is C19H21N3O3S. The first kappa shape index (κ1) is 18.1. The Hall–Kier alpha value is -2.67. The Morgan fingerprint density at radius 2 is 2.04 bits per heavy atom. The largest absolute Gasteiger partial charge is 0.361 e. The Bertz CT molecular complexity index is 994. The zero-order valence-corrected chi connectivity index (χ0v) is 16.1. The first-order valence-electron chi connectivity index (χ1n) is 8.32. The third kappa shape index (κ3) is 3.62. The second-order valence-electron chi connectivity index (χ2n) is 6.34. The molecule has 0 bridgehead atoms. The van der Waals surface area contributed by atoms with Crippen molar-refractivity contribution in [2.75, 3.05) is 0 Å². The summed E-state index contributed by atoms with van der Waals surface area (Å²) in [5.41, 5.74) is 4.45. The molecule has 0 aliphatic heterocycles. The van der Waals surface area contributed by atoms with Crippen molar-refractivity contribution in [3.8, 4) is 0 Å². The molecule has 6 nitrogen and oxygen atoms in total. The van der Waals surface area contributed by atoms with Crippen LogP contribution >= 0.6 is 11.3 Å². The predicted octanol–water partition coefficient (Wildman–Crippen LogP) is 3.11. The Labute approximate surface area is 155 Å². The van der Waals surface area contributed by atoms with Gasteiger partial charge in [0.25, 0.3) is 5.91 Å². The van der Waals surface area contributed by atoms with Gasteiger partial charge < -0.3 is 9.84 Å². The molecule has 136 valence electrons. The molecule has 0 aliphatic rings. The van der Waals surface area contributed by atoms with Crippen molar-refractivity contribution in [3.63, 3.8) is 0 Å². The average Bonchev–Trinajstić information content (AvgIpc) is 3.07. The third-order valence-corrected chi connectivity index (χ3v) is 5.46. The number of nitrogens with zero attached hydrogens (tertiary/aromatic N) is 2. The Kier molecular flexibility index (Phi) is 5.08. The smallest absolute Gasteiger partial charge is 0.308 e. The highest BCUT2D eigenvalue weighted by Crippen LogP contribution is 2.18. The molecule has 0 radical (unpaired) electrons. The first-order chi connectivity index (χ1) is 12.4. The maximum atomic E-state index is 12.5. The van der Waals surface area contributed by atoms with Gasteiger partial charge in [0.2, 0.25) is 0 Å². The van der Waals surface area contributed by atoms with Crippen LogP contribution < -0.4 is 10.2 Å². The molecule has 26 heavy (non-hydrogen) atoms. The summed E-state index contributed by atoms with van der Waals surface area (Å²) in [6.45, 7) is 8.24. The number of hydrogen-bond acceptors (Lipinski definition) is 5. The lowest BCUT2D eigenvalue weighted by atomic mass is 10.1.